The number of hydrogen-bond acceptors (Lipinski definition) is 7. The molecule has 8 nitrogen and oxygen atoms in total. The minimum atomic E-state index is -0.345. The van der Waals surface area contributed by atoms with E-state index in [9.17, 15) is 4.79 Å². The van der Waals surface area contributed by atoms with Crippen molar-refractivity contribution >= 4 is 62.8 Å². The third-order valence-corrected chi connectivity index (χ3v) is 4.13. The average Bonchev–Trinajstić information content (AvgIpc) is 3.14. The van der Waals surface area contributed by atoms with Crippen molar-refractivity contribution in [1.82, 2.24) is 20.6 Å². The monoisotopic (exact) mass is 356 g/mol. The number of nitrogens with one attached hydrogen (secondary N) is 2. The Morgan fingerprint density at radius 2 is 2.17 bits per heavy atom. The predicted molar refractivity (Wildman–Crippen MR) is 92.0 cm³/mol. The van der Waals surface area contributed by atoms with Crippen molar-refractivity contribution in [3.8, 4) is 11.5 Å². The molecule has 1 radical (unpaired) electrons. The van der Waals surface area contributed by atoms with Gasteiger partial charge in [0.25, 0.3) is 11.9 Å². The van der Waals surface area contributed by atoms with E-state index in [1.54, 1.807) is 7.11 Å². The normalized spacial score (nSPS) is 10.5. The van der Waals surface area contributed by atoms with Crippen molar-refractivity contribution < 1.29 is 14.3 Å². The third-order valence-electron chi connectivity index (χ3n) is 2.98. The van der Waals surface area contributed by atoms with Crippen LogP contribution in [0.5, 0.6) is 11.5 Å². The van der Waals surface area contributed by atoms with Crippen LogP contribution in [0.4, 0.5) is 5.95 Å². The molecule has 0 saturated heterocycles. The van der Waals surface area contributed by atoms with Gasteiger partial charge in [-0.15, -0.1) is 16.4 Å². The topological polar surface area (TPSA) is 102 Å². The molecule has 0 aliphatic heterocycles. The molecule has 0 saturated carbocycles. The van der Waals surface area contributed by atoms with Gasteiger partial charge in [0.15, 0.2) is 5.75 Å². The number of carbonyl (C=O) groups excluding carboxylic acids is 1. The molecule has 2 heterocycles. The molecule has 3 aromatic rings. The Kier molecular flexibility index (Phi) is 6.16. The molecular formula is C14H15N5NaO3S. The van der Waals surface area contributed by atoms with E-state index in [-0.39, 0.29) is 47.5 Å². The molecular weight excluding hydrogens is 341 g/mol. The summed E-state index contributed by atoms with van der Waals surface area (Å²) in [6.45, 7) is 3.81. The van der Waals surface area contributed by atoms with E-state index in [1.807, 2.05) is 32.0 Å². The van der Waals surface area contributed by atoms with Gasteiger partial charge < -0.3 is 9.47 Å². The van der Waals surface area contributed by atoms with Gasteiger partial charge in [-0.05, 0) is 37.3 Å². The van der Waals surface area contributed by atoms with Gasteiger partial charge in [0.2, 0.25) is 0 Å². The Hall–Kier alpha value is -1.68. The number of tetrazole rings is 1. The minimum Gasteiger partial charge on any atom is -0.497 e. The van der Waals surface area contributed by atoms with Crippen LogP contribution in [0, 0.1) is 0 Å². The maximum atomic E-state index is 12.5. The van der Waals surface area contributed by atoms with E-state index in [1.165, 1.54) is 11.3 Å². The van der Waals surface area contributed by atoms with Crippen LogP contribution in [-0.4, -0.2) is 69.3 Å². The second-order valence-corrected chi connectivity index (χ2v) is 6.03. The molecule has 0 aliphatic rings. The molecule has 0 fully saturated rings. The largest absolute Gasteiger partial charge is 0.497 e. The van der Waals surface area contributed by atoms with E-state index in [2.05, 4.69) is 25.9 Å². The first-order valence-corrected chi connectivity index (χ1v) is 7.72. The zero-order chi connectivity index (χ0) is 16.4. The van der Waals surface area contributed by atoms with Gasteiger partial charge in [-0.3, -0.25) is 10.1 Å². The van der Waals surface area contributed by atoms with E-state index in [0.29, 0.717) is 16.4 Å². The van der Waals surface area contributed by atoms with Gasteiger partial charge in [-0.2, -0.15) is 5.21 Å². The molecule has 2 N–H and O–H groups in total. The van der Waals surface area contributed by atoms with Gasteiger partial charge >= 0.3 is 0 Å². The molecule has 0 unspecified atom stereocenters. The molecule has 2 aromatic heterocycles. The first-order valence-electron chi connectivity index (χ1n) is 6.90. The number of nitrogens with zero attached hydrogens (tertiary/aromatic N) is 3. The second kappa shape index (κ2) is 7.93. The molecule has 3 rings (SSSR count). The number of amides is 1. The van der Waals surface area contributed by atoms with Crippen LogP contribution >= 0.6 is 11.3 Å². The smallest absolute Gasteiger partial charge is 0.272 e. The zero-order valence-electron chi connectivity index (χ0n) is 13.8. The van der Waals surface area contributed by atoms with E-state index >= 15 is 0 Å². The van der Waals surface area contributed by atoms with Crippen LogP contribution in [-0.2, 0) is 0 Å². The predicted octanol–water partition coefficient (Wildman–Crippen LogP) is 2.08. The number of thiophene rings is 1. The van der Waals surface area contributed by atoms with Crippen LogP contribution < -0.4 is 14.8 Å². The summed E-state index contributed by atoms with van der Waals surface area (Å²) in [7, 11) is 1.60. The summed E-state index contributed by atoms with van der Waals surface area (Å²) in [6.07, 6.45) is -0.0734. The number of benzene rings is 1. The first-order chi connectivity index (χ1) is 11.1. The van der Waals surface area contributed by atoms with Crippen molar-refractivity contribution in [2.24, 2.45) is 0 Å². The van der Waals surface area contributed by atoms with Crippen molar-refractivity contribution in [2.75, 3.05) is 12.4 Å². The Morgan fingerprint density at radius 3 is 2.79 bits per heavy atom. The Labute approximate surface area is 164 Å². The van der Waals surface area contributed by atoms with Crippen molar-refractivity contribution in [2.45, 2.75) is 20.0 Å². The molecule has 10 heteroatoms. The molecule has 121 valence electrons. The van der Waals surface area contributed by atoms with Crippen LogP contribution in [0.3, 0.4) is 0 Å². The molecule has 0 aliphatic carbocycles. The number of H-pyrrole nitrogens is 1. The average molecular weight is 356 g/mol. The number of fused-ring (bicyclic) bond motifs is 1. The minimum absolute atomic E-state index is 0. The molecule has 0 spiro atoms. The van der Waals surface area contributed by atoms with Crippen molar-refractivity contribution in [3.63, 3.8) is 0 Å². The van der Waals surface area contributed by atoms with Gasteiger partial charge in [-0.25, -0.2) is 0 Å². The maximum Gasteiger partial charge on any atom is 0.272 e. The summed E-state index contributed by atoms with van der Waals surface area (Å²) in [5, 5.41) is 16.6. The summed E-state index contributed by atoms with van der Waals surface area (Å²) in [5.74, 6) is 0.997. The van der Waals surface area contributed by atoms with Crippen LogP contribution in [0.2, 0.25) is 0 Å². The summed E-state index contributed by atoms with van der Waals surface area (Å²) in [4.78, 5) is 13.0. The number of anilines is 1. The molecule has 24 heavy (non-hydrogen) atoms. The number of methoxy groups -OCH3 is 1. The van der Waals surface area contributed by atoms with Gasteiger partial charge in [0.1, 0.15) is 10.6 Å². The standard InChI is InChI=1S/C14H15N5O3S.Na/c1-7(2)22-11-9-6-8(21-3)4-5-10(9)23-12(11)13(20)15-14-16-18-19-17-14;/h4-7H,1-3H3,(H2,15,16,17,18,19,20);. The van der Waals surface area contributed by atoms with Gasteiger partial charge in [0.05, 0.1) is 13.2 Å². The number of aromatic amines is 1. The van der Waals surface area contributed by atoms with E-state index in [4.69, 9.17) is 9.47 Å². The van der Waals surface area contributed by atoms with Gasteiger partial charge in [-0.1, -0.05) is 5.10 Å². The maximum absolute atomic E-state index is 12.5. The van der Waals surface area contributed by atoms with Crippen LogP contribution in [0.15, 0.2) is 18.2 Å². The number of aromatic nitrogens is 4. The van der Waals surface area contributed by atoms with Gasteiger partial charge in [0, 0.05) is 39.6 Å². The van der Waals surface area contributed by atoms with E-state index in [0.717, 1.165) is 10.1 Å². The number of rotatable bonds is 5. The number of carbonyl (C=O) groups is 1. The summed E-state index contributed by atoms with van der Waals surface area (Å²) >= 11 is 1.34. The second-order valence-electron chi connectivity index (χ2n) is 4.98. The fraction of sp³-hybridized carbons (Fsp3) is 0.286. The molecule has 1 aromatic carbocycles. The zero-order valence-corrected chi connectivity index (χ0v) is 16.6. The van der Waals surface area contributed by atoms with Crippen molar-refractivity contribution in [1.29, 1.82) is 0 Å². The Bertz CT molecular complexity index is 834. The Balaban J connectivity index is 0.00000208. The number of hydrogen-bond donors (Lipinski definition) is 2. The summed E-state index contributed by atoms with van der Waals surface area (Å²) < 4.78 is 12.1. The Morgan fingerprint density at radius 1 is 1.38 bits per heavy atom. The number of ether oxygens (including phenoxy) is 2. The molecule has 0 bridgehead atoms. The quantitative estimate of drug-likeness (QED) is 0.679. The molecule has 0 atom stereocenters. The third kappa shape index (κ3) is 3.86. The van der Waals surface area contributed by atoms with Crippen molar-refractivity contribution in [3.05, 3.63) is 23.1 Å². The van der Waals surface area contributed by atoms with Crippen LogP contribution in [0.25, 0.3) is 10.1 Å². The SMILES string of the molecule is COc1ccc2sc(C(=O)Nc3nn[nH]n3)c(OC(C)C)c2c1.[Na]. The van der Waals surface area contributed by atoms with Crippen LogP contribution in [0.1, 0.15) is 23.5 Å². The molecule has 1 amide bonds. The van der Waals surface area contributed by atoms with E-state index < -0.39 is 0 Å². The summed E-state index contributed by atoms with van der Waals surface area (Å²) in [5.41, 5.74) is 0. The summed E-state index contributed by atoms with van der Waals surface area (Å²) in [6, 6.07) is 5.60. The first kappa shape index (κ1) is 18.7. The fourth-order valence-corrected chi connectivity index (χ4v) is 3.07. The fourth-order valence-electron chi connectivity index (χ4n) is 2.06.